The van der Waals surface area contributed by atoms with Gasteiger partial charge in [0.1, 0.15) is 0 Å². The Morgan fingerprint density at radius 3 is 1.90 bits per heavy atom. The van der Waals surface area contributed by atoms with Crippen molar-refractivity contribution >= 4 is 0 Å². The van der Waals surface area contributed by atoms with E-state index in [0.717, 1.165) is 6.42 Å². The van der Waals surface area contributed by atoms with Crippen LogP contribution in [0.3, 0.4) is 0 Å². The Bertz CT molecular complexity index is 338. The minimum absolute atomic E-state index is 0.153. The zero-order chi connectivity index (χ0) is 15.0. The van der Waals surface area contributed by atoms with Gasteiger partial charge in [-0.05, 0) is 36.7 Å². The molecule has 2 nitrogen and oxygen atoms in total. The van der Waals surface area contributed by atoms with Gasteiger partial charge in [-0.15, -0.1) is 0 Å². The summed E-state index contributed by atoms with van der Waals surface area (Å²) in [5.41, 5.74) is 1.28. The van der Waals surface area contributed by atoms with Gasteiger partial charge in [0, 0.05) is 12.1 Å². The highest BCUT2D eigenvalue weighted by molar-refractivity contribution is 5.15. The normalized spacial score (nSPS) is 13.4. The van der Waals surface area contributed by atoms with E-state index in [4.69, 9.17) is 0 Å². The fraction of sp³-hybridized carbons (Fsp3) is 0.667. The summed E-state index contributed by atoms with van der Waals surface area (Å²) in [6, 6.07) is 11.1. The maximum atomic E-state index is 9.64. The molecule has 0 saturated heterocycles. The van der Waals surface area contributed by atoms with Crippen LogP contribution < -0.4 is 5.32 Å². The molecule has 1 aromatic rings. The molecule has 0 heterocycles. The average molecular weight is 277 g/mol. The lowest BCUT2D eigenvalue weighted by Gasteiger charge is -2.27. The van der Waals surface area contributed by atoms with E-state index in [1.54, 1.807) is 0 Å². The third-order valence-electron chi connectivity index (χ3n) is 3.53. The number of aliphatic hydroxyl groups is 1. The second-order valence-corrected chi connectivity index (χ2v) is 6.69. The van der Waals surface area contributed by atoms with Crippen molar-refractivity contribution in [2.45, 2.75) is 59.0 Å². The molecule has 114 valence electrons. The molecule has 0 aliphatic carbocycles. The lowest BCUT2D eigenvalue weighted by molar-refractivity contribution is 0.216. The van der Waals surface area contributed by atoms with Crippen LogP contribution in [-0.4, -0.2) is 23.8 Å². The van der Waals surface area contributed by atoms with Crippen LogP contribution in [0.1, 0.15) is 46.1 Å². The molecule has 0 aliphatic rings. The summed E-state index contributed by atoms with van der Waals surface area (Å²) in [5.74, 6) is 1.37. The Morgan fingerprint density at radius 2 is 1.45 bits per heavy atom. The second-order valence-electron chi connectivity index (χ2n) is 6.69. The lowest BCUT2D eigenvalue weighted by atomic mass is 9.94. The lowest BCUT2D eigenvalue weighted by Crippen LogP contribution is -2.43. The zero-order valence-corrected chi connectivity index (χ0v) is 13.5. The summed E-state index contributed by atoms with van der Waals surface area (Å²) in [6.07, 6.45) is 3.23. The zero-order valence-electron chi connectivity index (χ0n) is 13.5. The second kappa shape index (κ2) is 9.15. The highest BCUT2D eigenvalue weighted by Crippen LogP contribution is 2.15. The molecule has 1 atom stereocenters. The topological polar surface area (TPSA) is 32.3 Å². The SMILES string of the molecule is CC(C)CC(CC(C)C)NC(CO)Cc1ccccc1. The highest BCUT2D eigenvalue weighted by atomic mass is 16.3. The van der Waals surface area contributed by atoms with Crippen molar-refractivity contribution < 1.29 is 5.11 Å². The highest BCUT2D eigenvalue weighted by Gasteiger charge is 2.17. The van der Waals surface area contributed by atoms with Crippen molar-refractivity contribution in [3.8, 4) is 0 Å². The minimum atomic E-state index is 0.153. The average Bonchev–Trinajstić information content (AvgIpc) is 2.37. The van der Waals surface area contributed by atoms with Crippen LogP contribution in [0.15, 0.2) is 30.3 Å². The summed E-state index contributed by atoms with van der Waals surface area (Å²) >= 11 is 0. The van der Waals surface area contributed by atoms with Gasteiger partial charge in [-0.2, -0.15) is 0 Å². The van der Waals surface area contributed by atoms with Crippen LogP contribution in [-0.2, 0) is 6.42 Å². The van der Waals surface area contributed by atoms with E-state index in [1.807, 2.05) is 6.07 Å². The number of aliphatic hydroxyl groups excluding tert-OH is 1. The van der Waals surface area contributed by atoms with Crippen LogP contribution in [0.25, 0.3) is 0 Å². The van der Waals surface area contributed by atoms with Crippen molar-refractivity contribution in [2.75, 3.05) is 6.61 Å². The first-order valence-electron chi connectivity index (χ1n) is 7.92. The predicted octanol–water partition coefficient (Wildman–Crippen LogP) is 3.64. The molecule has 1 rings (SSSR count). The summed E-state index contributed by atoms with van der Waals surface area (Å²) in [6.45, 7) is 9.25. The van der Waals surface area contributed by atoms with E-state index < -0.39 is 0 Å². The first-order chi connectivity index (χ1) is 9.51. The molecule has 0 radical (unpaired) electrons. The van der Waals surface area contributed by atoms with Gasteiger partial charge in [-0.3, -0.25) is 0 Å². The third-order valence-corrected chi connectivity index (χ3v) is 3.53. The number of hydrogen-bond donors (Lipinski definition) is 2. The Morgan fingerprint density at radius 1 is 0.900 bits per heavy atom. The Kier molecular flexibility index (Phi) is 7.86. The van der Waals surface area contributed by atoms with Crippen LogP contribution in [0.5, 0.6) is 0 Å². The summed E-state index contributed by atoms with van der Waals surface area (Å²) in [5, 5.41) is 13.3. The quantitative estimate of drug-likeness (QED) is 0.722. The maximum Gasteiger partial charge on any atom is 0.0587 e. The third kappa shape index (κ3) is 7.06. The van der Waals surface area contributed by atoms with Gasteiger partial charge in [-0.1, -0.05) is 58.0 Å². The van der Waals surface area contributed by atoms with E-state index in [2.05, 4.69) is 57.3 Å². The largest absolute Gasteiger partial charge is 0.395 e. The molecule has 2 N–H and O–H groups in total. The molecule has 0 spiro atoms. The van der Waals surface area contributed by atoms with Crippen molar-refractivity contribution in [3.05, 3.63) is 35.9 Å². The van der Waals surface area contributed by atoms with E-state index in [-0.39, 0.29) is 12.6 Å². The molecular formula is C18H31NO. The maximum absolute atomic E-state index is 9.64. The minimum Gasteiger partial charge on any atom is -0.395 e. The fourth-order valence-electron chi connectivity index (χ4n) is 2.78. The summed E-state index contributed by atoms with van der Waals surface area (Å²) in [7, 11) is 0. The molecule has 0 aromatic heterocycles. The number of benzene rings is 1. The van der Waals surface area contributed by atoms with E-state index in [0.29, 0.717) is 17.9 Å². The van der Waals surface area contributed by atoms with Crippen molar-refractivity contribution in [1.29, 1.82) is 0 Å². The number of rotatable bonds is 9. The molecule has 1 aromatic carbocycles. The number of nitrogens with one attached hydrogen (secondary N) is 1. The monoisotopic (exact) mass is 277 g/mol. The van der Waals surface area contributed by atoms with Gasteiger partial charge in [0.2, 0.25) is 0 Å². The standard InChI is InChI=1S/C18H31NO/c1-14(2)10-17(11-15(3)4)19-18(13-20)12-16-8-6-5-7-9-16/h5-9,14-15,17-20H,10-13H2,1-4H3. The summed E-state index contributed by atoms with van der Waals surface area (Å²) in [4.78, 5) is 0. The van der Waals surface area contributed by atoms with Gasteiger partial charge in [0.25, 0.3) is 0 Å². The molecule has 0 aliphatic heterocycles. The van der Waals surface area contributed by atoms with Gasteiger partial charge in [-0.25, -0.2) is 0 Å². The Labute approximate surface area is 124 Å². The molecule has 0 fully saturated rings. The molecule has 0 amide bonds. The van der Waals surface area contributed by atoms with Gasteiger partial charge in [0.05, 0.1) is 6.61 Å². The van der Waals surface area contributed by atoms with Crippen molar-refractivity contribution in [1.82, 2.24) is 5.32 Å². The summed E-state index contributed by atoms with van der Waals surface area (Å²) < 4.78 is 0. The molecule has 20 heavy (non-hydrogen) atoms. The Balaban J connectivity index is 2.58. The molecule has 0 saturated carbocycles. The van der Waals surface area contributed by atoms with Crippen LogP contribution >= 0.6 is 0 Å². The predicted molar refractivity (Wildman–Crippen MR) is 86.9 cm³/mol. The number of hydrogen-bond acceptors (Lipinski definition) is 2. The molecule has 0 bridgehead atoms. The molecule has 1 unspecified atom stereocenters. The fourth-order valence-corrected chi connectivity index (χ4v) is 2.78. The first kappa shape index (κ1) is 17.2. The van der Waals surface area contributed by atoms with E-state index >= 15 is 0 Å². The van der Waals surface area contributed by atoms with Crippen LogP contribution in [0.2, 0.25) is 0 Å². The van der Waals surface area contributed by atoms with Crippen LogP contribution in [0, 0.1) is 11.8 Å². The van der Waals surface area contributed by atoms with Crippen LogP contribution in [0.4, 0.5) is 0 Å². The molecule has 2 heteroatoms. The van der Waals surface area contributed by atoms with Gasteiger partial charge < -0.3 is 10.4 Å². The van der Waals surface area contributed by atoms with Crippen molar-refractivity contribution in [3.63, 3.8) is 0 Å². The van der Waals surface area contributed by atoms with E-state index in [9.17, 15) is 5.11 Å². The Hall–Kier alpha value is -0.860. The smallest absolute Gasteiger partial charge is 0.0587 e. The van der Waals surface area contributed by atoms with E-state index in [1.165, 1.54) is 18.4 Å². The molecular weight excluding hydrogens is 246 g/mol. The van der Waals surface area contributed by atoms with Gasteiger partial charge in [0.15, 0.2) is 0 Å². The first-order valence-corrected chi connectivity index (χ1v) is 7.92. The van der Waals surface area contributed by atoms with Crippen molar-refractivity contribution in [2.24, 2.45) is 11.8 Å². The van der Waals surface area contributed by atoms with Gasteiger partial charge >= 0.3 is 0 Å².